The quantitative estimate of drug-likeness (QED) is 0.865. The van der Waals surface area contributed by atoms with Crippen LogP contribution in [0.1, 0.15) is 31.6 Å². The topological polar surface area (TPSA) is 15.7 Å². The largest absolute Gasteiger partial charge is 0.378 e. The van der Waals surface area contributed by atoms with Gasteiger partial charge in [-0.1, -0.05) is 12.1 Å². The summed E-state index contributed by atoms with van der Waals surface area (Å²) in [5.74, 6) is 0. The molecule has 1 aromatic carbocycles. The average Bonchev–Trinajstić information content (AvgIpc) is 2.40. The van der Waals surface area contributed by atoms with E-state index in [0.717, 1.165) is 26.3 Å². The molecule has 3 nitrogen and oxygen atoms in total. The second kappa shape index (κ2) is 6.19. The Bertz CT molecular complexity index is 472. The minimum Gasteiger partial charge on any atom is -0.378 e. The van der Waals surface area contributed by atoms with E-state index in [9.17, 15) is 0 Å². The first-order valence-electron chi connectivity index (χ1n) is 7.94. The van der Waals surface area contributed by atoms with Crippen LogP contribution in [0, 0.1) is 0 Å². The lowest BCUT2D eigenvalue weighted by Crippen LogP contribution is -2.63. The molecule has 1 unspecified atom stereocenters. The van der Waals surface area contributed by atoms with Gasteiger partial charge >= 0.3 is 0 Å². The van der Waals surface area contributed by atoms with E-state index in [-0.39, 0.29) is 0 Å². The van der Waals surface area contributed by atoms with Crippen molar-refractivity contribution >= 4 is 18.3 Å². The minimum atomic E-state index is 0.297. The van der Waals surface area contributed by atoms with Crippen molar-refractivity contribution in [3.8, 4) is 0 Å². The van der Waals surface area contributed by atoms with Crippen molar-refractivity contribution in [1.82, 2.24) is 4.90 Å². The van der Waals surface area contributed by atoms with Gasteiger partial charge in [-0.2, -0.15) is 12.6 Å². The highest BCUT2D eigenvalue weighted by molar-refractivity contribution is 7.80. The third kappa shape index (κ3) is 3.08. The van der Waals surface area contributed by atoms with E-state index >= 15 is 0 Å². The van der Waals surface area contributed by atoms with Crippen molar-refractivity contribution in [2.45, 2.75) is 44.1 Å². The summed E-state index contributed by atoms with van der Waals surface area (Å²) in [6.07, 6.45) is 0. The van der Waals surface area contributed by atoms with Gasteiger partial charge in [0.25, 0.3) is 0 Å². The van der Waals surface area contributed by atoms with E-state index < -0.39 is 0 Å². The summed E-state index contributed by atoms with van der Waals surface area (Å²) < 4.78 is 5.36. The van der Waals surface area contributed by atoms with Gasteiger partial charge in [-0.05, 0) is 38.5 Å². The first kappa shape index (κ1) is 15.2. The molecule has 0 saturated carbocycles. The van der Waals surface area contributed by atoms with Crippen molar-refractivity contribution < 1.29 is 4.74 Å². The SMILES string of the molecule is CC(S)c1ccc(N2C[C@@H](C)N(C3COC3)C[C@@H]2C)cc1. The number of hydrogen-bond acceptors (Lipinski definition) is 4. The van der Waals surface area contributed by atoms with Gasteiger partial charge in [0.2, 0.25) is 0 Å². The van der Waals surface area contributed by atoms with Crippen LogP contribution in [0.4, 0.5) is 5.69 Å². The Morgan fingerprint density at radius 2 is 1.76 bits per heavy atom. The van der Waals surface area contributed by atoms with Crippen molar-refractivity contribution in [3.05, 3.63) is 29.8 Å². The van der Waals surface area contributed by atoms with Gasteiger partial charge in [-0.15, -0.1) is 0 Å². The highest BCUT2D eigenvalue weighted by Crippen LogP contribution is 2.28. The number of benzene rings is 1. The minimum absolute atomic E-state index is 0.297. The van der Waals surface area contributed by atoms with E-state index in [0.29, 0.717) is 23.4 Å². The first-order chi connectivity index (χ1) is 10.1. The van der Waals surface area contributed by atoms with Gasteiger partial charge < -0.3 is 9.64 Å². The molecule has 3 atom stereocenters. The number of rotatable bonds is 3. The van der Waals surface area contributed by atoms with Gasteiger partial charge in [-0.3, -0.25) is 4.90 Å². The van der Waals surface area contributed by atoms with E-state index in [4.69, 9.17) is 4.74 Å². The van der Waals surface area contributed by atoms with Gasteiger partial charge in [-0.25, -0.2) is 0 Å². The van der Waals surface area contributed by atoms with Crippen LogP contribution in [-0.2, 0) is 4.74 Å². The molecule has 0 radical (unpaired) electrons. The molecule has 2 heterocycles. The lowest BCUT2D eigenvalue weighted by Gasteiger charge is -2.50. The summed E-state index contributed by atoms with van der Waals surface area (Å²) >= 11 is 4.50. The Kier molecular flexibility index (Phi) is 4.48. The first-order valence-corrected chi connectivity index (χ1v) is 8.46. The van der Waals surface area contributed by atoms with Gasteiger partial charge in [0.05, 0.1) is 19.3 Å². The van der Waals surface area contributed by atoms with Crippen LogP contribution < -0.4 is 4.90 Å². The van der Waals surface area contributed by atoms with Gasteiger partial charge in [0.1, 0.15) is 0 Å². The monoisotopic (exact) mass is 306 g/mol. The van der Waals surface area contributed by atoms with E-state index in [1.54, 1.807) is 0 Å². The zero-order valence-electron chi connectivity index (χ0n) is 13.2. The normalized spacial score (nSPS) is 29.2. The van der Waals surface area contributed by atoms with E-state index in [2.05, 4.69) is 67.5 Å². The summed E-state index contributed by atoms with van der Waals surface area (Å²) in [5, 5.41) is 0.297. The Morgan fingerprint density at radius 3 is 2.29 bits per heavy atom. The summed E-state index contributed by atoms with van der Waals surface area (Å²) in [6, 6.07) is 10.7. The molecule has 3 rings (SSSR count). The lowest BCUT2D eigenvalue weighted by atomic mass is 10.0. The fourth-order valence-corrected chi connectivity index (χ4v) is 3.55. The van der Waals surface area contributed by atoms with Crippen molar-refractivity contribution in [3.63, 3.8) is 0 Å². The van der Waals surface area contributed by atoms with Crippen LogP contribution in [0.5, 0.6) is 0 Å². The standard InChI is InChI=1S/C17H26N2OS/c1-12-9-19(17-10-20-11-17)13(2)8-18(12)16-6-4-15(5-7-16)14(3)21/h4-7,12-14,17,21H,8-11H2,1-3H3/t12-,13+,14?/m0/s1. The Balaban J connectivity index is 1.71. The van der Waals surface area contributed by atoms with Crippen LogP contribution in [0.25, 0.3) is 0 Å². The van der Waals surface area contributed by atoms with Crippen LogP contribution in [0.3, 0.4) is 0 Å². The molecule has 0 aromatic heterocycles. The molecule has 116 valence electrons. The molecule has 2 fully saturated rings. The molecule has 0 aliphatic carbocycles. The van der Waals surface area contributed by atoms with Crippen LogP contribution >= 0.6 is 12.6 Å². The number of anilines is 1. The molecular weight excluding hydrogens is 280 g/mol. The van der Waals surface area contributed by atoms with Crippen LogP contribution in [-0.4, -0.2) is 49.3 Å². The number of nitrogens with zero attached hydrogens (tertiary/aromatic N) is 2. The summed E-state index contributed by atoms with van der Waals surface area (Å²) in [7, 11) is 0. The maximum absolute atomic E-state index is 5.36. The van der Waals surface area contributed by atoms with Crippen molar-refractivity contribution in [2.75, 3.05) is 31.2 Å². The Morgan fingerprint density at radius 1 is 1.10 bits per heavy atom. The molecule has 4 heteroatoms. The van der Waals surface area contributed by atoms with Crippen molar-refractivity contribution in [2.24, 2.45) is 0 Å². The van der Waals surface area contributed by atoms with E-state index in [1.807, 2.05) is 0 Å². The smallest absolute Gasteiger partial charge is 0.0645 e. The zero-order valence-corrected chi connectivity index (χ0v) is 14.1. The predicted octanol–water partition coefficient (Wildman–Crippen LogP) is 2.98. The summed E-state index contributed by atoms with van der Waals surface area (Å²) in [5.41, 5.74) is 2.62. The summed E-state index contributed by atoms with van der Waals surface area (Å²) in [6.45, 7) is 10.8. The third-order valence-electron chi connectivity index (χ3n) is 4.83. The molecule has 2 saturated heterocycles. The molecule has 0 bridgehead atoms. The maximum atomic E-state index is 5.36. The van der Waals surface area contributed by atoms with Crippen LogP contribution in [0.15, 0.2) is 24.3 Å². The summed E-state index contributed by atoms with van der Waals surface area (Å²) in [4.78, 5) is 5.16. The second-order valence-electron chi connectivity index (χ2n) is 6.51. The molecule has 0 N–H and O–H groups in total. The third-order valence-corrected chi connectivity index (χ3v) is 5.13. The van der Waals surface area contributed by atoms with Gasteiger partial charge in [0, 0.05) is 36.1 Å². The highest BCUT2D eigenvalue weighted by Gasteiger charge is 2.36. The molecule has 2 aliphatic rings. The molecule has 21 heavy (non-hydrogen) atoms. The predicted molar refractivity (Wildman–Crippen MR) is 91.4 cm³/mol. The van der Waals surface area contributed by atoms with Crippen LogP contribution in [0.2, 0.25) is 0 Å². The number of hydrogen-bond donors (Lipinski definition) is 1. The number of ether oxygens (including phenoxy) is 1. The molecule has 2 aliphatic heterocycles. The second-order valence-corrected chi connectivity index (χ2v) is 7.28. The highest BCUT2D eigenvalue weighted by atomic mass is 32.1. The molecule has 1 aromatic rings. The van der Waals surface area contributed by atoms with Gasteiger partial charge in [0.15, 0.2) is 0 Å². The molecule has 0 spiro atoms. The lowest BCUT2D eigenvalue weighted by molar-refractivity contribution is -0.0828. The number of thiol groups is 1. The average molecular weight is 306 g/mol. The maximum Gasteiger partial charge on any atom is 0.0645 e. The zero-order chi connectivity index (χ0) is 15.0. The Labute approximate surface area is 133 Å². The molecular formula is C17H26N2OS. The van der Waals surface area contributed by atoms with Crippen molar-refractivity contribution in [1.29, 1.82) is 0 Å². The molecule has 0 amide bonds. The Hall–Kier alpha value is -0.710. The number of piperazine rings is 1. The fourth-order valence-electron chi connectivity index (χ4n) is 3.38. The van der Waals surface area contributed by atoms with E-state index in [1.165, 1.54) is 11.3 Å². The fraction of sp³-hybridized carbons (Fsp3) is 0.647.